The van der Waals surface area contributed by atoms with Gasteiger partial charge in [-0.25, -0.2) is 19.9 Å². The lowest BCUT2D eigenvalue weighted by Gasteiger charge is -2.42. The number of hydrogen-bond donors (Lipinski definition) is 0. The quantitative estimate of drug-likeness (QED) is 0.509. The molecule has 0 amide bonds. The van der Waals surface area contributed by atoms with Gasteiger partial charge >= 0.3 is 0 Å². The van der Waals surface area contributed by atoms with E-state index >= 15 is 0 Å². The Balaban J connectivity index is 1.57. The summed E-state index contributed by atoms with van der Waals surface area (Å²) in [5, 5.41) is 8.97. The number of aryl methyl sites for hydroxylation is 1. The molecule has 1 atom stereocenters. The van der Waals surface area contributed by atoms with Crippen molar-refractivity contribution in [3.63, 3.8) is 0 Å². The molecule has 2 aliphatic heterocycles. The molecule has 1 saturated heterocycles. The molecule has 8 nitrogen and oxygen atoms in total. The van der Waals surface area contributed by atoms with Crippen LogP contribution in [0.15, 0.2) is 49.1 Å². The van der Waals surface area contributed by atoms with Gasteiger partial charge < -0.3 is 4.90 Å². The van der Waals surface area contributed by atoms with E-state index in [4.69, 9.17) is 9.97 Å². The van der Waals surface area contributed by atoms with Crippen LogP contribution in [0, 0.1) is 6.92 Å². The number of fused-ring (bicyclic) bond motifs is 6. The molecule has 154 valence electrons. The van der Waals surface area contributed by atoms with Crippen LogP contribution in [0.1, 0.15) is 37.8 Å². The summed E-state index contributed by atoms with van der Waals surface area (Å²) in [5.74, 6) is 3.42. The Morgan fingerprint density at radius 2 is 1.94 bits per heavy atom. The second-order valence-corrected chi connectivity index (χ2v) is 8.10. The van der Waals surface area contributed by atoms with Gasteiger partial charge in [0.25, 0.3) is 0 Å². The van der Waals surface area contributed by atoms with Crippen LogP contribution in [-0.2, 0) is 5.54 Å². The first-order valence-corrected chi connectivity index (χ1v) is 10.7. The fourth-order valence-electron chi connectivity index (χ4n) is 5.07. The minimum Gasteiger partial charge on any atom is -0.342 e. The molecule has 8 heteroatoms. The van der Waals surface area contributed by atoms with E-state index in [0.29, 0.717) is 5.82 Å². The molecule has 0 radical (unpaired) electrons. The lowest BCUT2D eigenvalue weighted by molar-refractivity contribution is 0.381. The van der Waals surface area contributed by atoms with E-state index in [1.165, 1.54) is 0 Å². The molecule has 0 N–H and O–H groups in total. The van der Waals surface area contributed by atoms with Crippen LogP contribution in [-0.4, -0.2) is 41.2 Å². The highest BCUT2D eigenvalue weighted by Crippen LogP contribution is 2.49. The predicted molar refractivity (Wildman–Crippen MR) is 117 cm³/mol. The minimum atomic E-state index is -0.171. The Morgan fingerprint density at radius 3 is 2.77 bits per heavy atom. The third kappa shape index (κ3) is 2.47. The average Bonchev–Trinajstić information content (AvgIpc) is 3.44. The molecule has 0 spiro atoms. The number of rotatable bonds is 3. The largest absolute Gasteiger partial charge is 0.342 e. The van der Waals surface area contributed by atoms with Crippen molar-refractivity contribution in [2.45, 2.75) is 38.6 Å². The fraction of sp³-hybridized carbons (Fsp3) is 0.304. The Kier molecular flexibility index (Phi) is 3.89. The number of aromatic nitrogens is 7. The van der Waals surface area contributed by atoms with E-state index in [2.05, 4.69) is 36.6 Å². The molecule has 3 aromatic heterocycles. The average molecular weight is 410 g/mol. The summed E-state index contributed by atoms with van der Waals surface area (Å²) >= 11 is 0. The molecule has 4 aromatic rings. The number of benzene rings is 1. The van der Waals surface area contributed by atoms with E-state index in [0.717, 1.165) is 65.8 Å². The molecule has 1 fully saturated rings. The van der Waals surface area contributed by atoms with Crippen molar-refractivity contribution in [3.8, 4) is 28.3 Å². The summed E-state index contributed by atoms with van der Waals surface area (Å²) in [6.45, 7) is 5.15. The lowest BCUT2D eigenvalue weighted by Crippen LogP contribution is -2.47. The monoisotopic (exact) mass is 410 g/mol. The van der Waals surface area contributed by atoms with Crippen LogP contribution in [0.5, 0.6) is 0 Å². The van der Waals surface area contributed by atoms with Crippen molar-refractivity contribution < 1.29 is 0 Å². The zero-order valence-corrected chi connectivity index (χ0v) is 17.5. The third-order valence-electron chi connectivity index (χ3n) is 6.56. The maximum atomic E-state index is 5.08. The summed E-state index contributed by atoms with van der Waals surface area (Å²) in [6, 6.07) is 10.1. The van der Waals surface area contributed by atoms with Gasteiger partial charge in [-0.3, -0.25) is 4.57 Å². The molecule has 1 unspecified atom stereocenters. The van der Waals surface area contributed by atoms with Crippen LogP contribution < -0.4 is 4.90 Å². The molecule has 0 bridgehead atoms. The van der Waals surface area contributed by atoms with Crippen LogP contribution in [0.3, 0.4) is 0 Å². The highest BCUT2D eigenvalue weighted by Gasteiger charge is 2.50. The smallest absolute Gasteiger partial charge is 0.165 e. The lowest BCUT2D eigenvalue weighted by atomic mass is 9.90. The molecular formula is C23H22N8. The molecule has 6 rings (SSSR count). The summed E-state index contributed by atoms with van der Waals surface area (Å²) in [5.41, 5.74) is 3.43. The molecule has 0 saturated carbocycles. The maximum absolute atomic E-state index is 5.08. The van der Waals surface area contributed by atoms with Gasteiger partial charge in [0.2, 0.25) is 0 Å². The van der Waals surface area contributed by atoms with Gasteiger partial charge in [-0.2, -0.15) is 0 Å². The first kappa shape index (κ1) is 18.1. The second-order valence-electron chi connectivity index (χ2n) is 8.10. The van der Waals surface area contributed by atoms with Gasteiger partial charge in [0.1, 0.15) is 23.4 Å². The maximum Gasteiger partial charge on any atom is 0.165 e. The van der Waals surface area contributed by atoms with Gasteiger partial charge in [-0.05, 0) is 26.2 Å². The van der Waals surface area contributed by atoms with Crippen molar-refractivity contribution in [1.82, 2.24) is 34.7 Å². The van der Waals surface area contributed by atoms with E-state index in [-0.39, 0.29) is 5.54 Å². The summed E-state index contributed by atoms with van der Waals surface area (Å²) in [4.78, 5) is 21.0. The van der Waals surface area contributed by atoms with Crippen LogP contribution >= 0.6 is 0 Å². The van der Waals surface area contributed by atoms with Crippen molar-refractivity contribution in [3.05, 3.63) is 60.7 Å². The highest BCUT2D eigenvalue weighted by atomic mass is 15.4. The van der Waals surface area contributed by atoms with Crippen LogP contribution in [0.25, 0.3) is 28.3 Å². The van der Waals surface area contributed by atoms with E-state index in [9.17, 15) is 0 Å². The zero-order valence-electron chi connectivity index (χ0n) is 17.5. The number of anilines is 1. The Bertz CT molecular complexity index is 1280. The second kappa shape index (κ2) is 6.66. The SMILES string of the molecule is CCC12CCCN1c1nc(-c3cncnc3-c3ccccc3)ncc1-n1c(C)nnc12. The molecular weight excluding hydrogens is 388 g/mol. The van der Waals surface area contributed by atoms with Gasteiger partial charge in [-0.15, -0.1) is 10.2 Å². The first-order valence-electron chi connectivity index (χ1n) is 10.7. The molecule has 2 aliphatic rings. The number of nitrogens with zero attached hydrogens (tertiary/aromatic N) is 8. The van der Waals surface area contributed by atoms with Crippen molar-refractivity contribution in [2.75, 3.05) is 11.4 Å². The van der Waals surface area contributed by atoms with Crippen LogP contribution in [0.4, 0.5) is 5.82 Å². The highest BCUT2D eigenvalue weighted by molar-refractivity contribution is 5.78. The molecule has 31 heavy (non-hydrogen) atoms. The van der Waals surface area contributed by atoms with Crippen molar-refractivity contribution in [1.29, 1.82) is 0 Å². The molecule has 1 aromatic carbocycles. The van der Waals surface area contributed by atoms with Gasteiger partial charge in [0.15, 0.2) is 17.5 Å². The summed E-state index contributed by atoms with van der Waals surface area (Å²) < 4.78 is 2.13. The number of hydrogen-bond acceptors (Lipinski definition) is 7. The van der Waals surface area contributed by atoms with Gasteiger partial charge in [0.05, 0.1) is 17.5 Å². The Morgan fingerprint density at radius 1 is 1.06 bits per heavy atom. The third-order valence-corrected chi connectivity index (χ3v) is 6.56. The topological polar surface area (TPSA) is 85.5 Å². The van der Waals surface area contributed by atoms with E-state index in [1.807, 2.05) is 43.5 Å². The van der Waals surface area contributed by atoms with E-state index in [1.54, 1.807) is 12.5 Å². The van der Waals surface area contributed by atoms with Gasteiger partial charge in [0, 0.05) is 18.3 Å². The first-order chi connectivity index (χ1) is 15.2. The van der Waals surface area contributed by atoms with Crippen LogP contribution in [0.2, 0.25) is 0 Å². The van der Waals surface area contributed by atoms with Gasteiger partial charge in [-0.1, -0.05) is 37.3 Å². The Labute approximate surface area is 180 Å². The zero-order chi connectivity index (χ0) is 21.0. The standard InChI is InChI=1S/C23H22N8/c1-3-23-10-7-11-30(23)21-18(31-15(2)28-29-22(23)31)13-25-20(27-21)17-12-24-14-26-19(17)16-8-5-4-6-9-16/h4-6,8-9,12-14H,3,7,10-11H2,1-2H3. The summed E-state index contributed by atoms with van der Waals surface area (Å²) in [6.07, 6.45) is 8.35. The normalized spacial score (nSPS) is 19.1. The van der Waals surface area contributed by atoms with E-state index < -0.39 is 0 Å². The minimum absolute atomic E-state index is 0.171. The van der Waals surface area contributed by atoms with Crippen molar-refractivity contribution in [2.24, 2.45) is 0 Å². The Hall–Kier alpha value is -3.68. The predicted octanol–water partition coefficient (Wildman–Crippen LogP) is 3.71. The van der Waals surface area contributed by atoms with Crippen molar-refractivity contribution >= 4 is 5.82 Å². The molecule has 0 aliphatic carbocycles. The molecule has 5 heterocycles. The fourth-order valence-corrected chi connectivity index (χ4v) is 5.07. The summed E-state index contributed by atoms with van der Waals surface area (Å²) in [7, 11) is 0.